The molecule has 2 heterocycles. The van der Waals surface area contributed by atoms with Gasteiger partial charge in [-0.2, -0.15) is 0 Å². The average Bonchev–Trinajstić information content (AvgIpc) is 3.03. The largest absolute Gasteiger partial charge is 0.493 e. The molecule has 0 aliphatic rings. The number of anilines is 2. The lowest BCUT2D eigenvalue weighted by Gasteiger charge is -2.15. The zero-order chi connectivity index (χ0) is 15.5. The fourth-order valence-electron chi connectivity index (χ4n) is 2.17. The van der Waals surface area contributed by atoms with E-state index in [1.807, 2.05) is 23.6 Å². The normalized spacial score (nSPS) is 10.0. The predicted molar refractivity (Wildman–Crippen MR) is 94.0 cm³/mol. The van der Waals surface area contributed by atoms with Crippen LogP contribution in [0.1, 0.15) is 0 Å². The number of halogens is 1. The Bertz CT molecular complexity index is 785. The highest BCUT2D eigenvalue weighted by molar-refractivity contribution is 7.17. The molecule has 23 heavy (non-hydrogen) atoms. The lowest BCUT2D eigenvalue weighted by molar-refractivity contribution is 0.324. The van der Waals surface area contributed by atoms with Crippen molar-refractivity contribution >= 4 is 45.5 Å². The first-order chi connectivity index (χ1) is 10.8. The van der Waals surface area contributed by atoms with E-state index in [1.165, 1.54) is 6.33 Å². The van der Waals surface area contributed by atoms with Crippen molar-refractivity contribution in [3.05, 3.63) is 29.9 Å². The number of thiophene rings is 1. The first-order valence-electron chi connectivity index (χ1n) is 6.52. The van der Waals surface area contributed by atoms with Gasteiger partial charge in [0, 0.05) is 17.8 Å². The van der Waals surface area contributed by atoms with Gasteiger partial charge >= 0.3 is 0 Å². The van der Waals surface area contributed by atoms with Crippen molar-refractivity contribution in [1.82, 2.24) is 9.97 Å². The minimum Gasteiger partial charge on any atom is -0.493 e. The molecule has 0 aliphatic carbocycles. The summed E-state index contributed by atoms with van der Waals surface area (Å²) >= 11 is 1.59. The number of aromatic nitrogens is 2. The molecule has 3 aromatic rings. The molecular weight excluding hydrogens is 338 g/mol. The highest BCUT2D eigenvalue weighted by atomic mass is 35.5. The van der Waals surface area contributed by atoms with Gasteiger partial charge in [-0.3, -0.25) is 0 Å². The third kappa shape index (κ3) is 3.25. The van der Waals surface area contributed by atoms with Crippen molar-refractivity contribution in [3.8, 4) is 17.2 Å². The number of hydrogen-bond acceptors (Lipinski definition) is 7. The Hall–Kier alpha value is -2.25. The number of nitrogens with one attached hydrogen (secondary N) is 1. The van der Waals surface area contributed by atoms with E-state index in [0.29, 0.717) is 17.2 Å². The molecule has 0 amide bonds. The molecule has 0 saturated carbocycles. The zero-order valence-electron chi connectivity index (χ0n) is 12.8. The van der Waals surface area contributed by atoms with E-state index >= 15 is 0 Å². The predicted octanol–water partition coefficient (Wildman–Crippen LogP) is 3.88. The van der Waals surface area contributed by atoms with Gasteiger partial charge in [0.05, 0.1) is 31.5 Å². The molecule has 0 spiro atoms. The molecule has 0 bridgehead atoms. The summed E-state index contributed by atoms with van der Waals surface area (Å²) in [5.41, 5.74) is 1.71. The zero-order valence-corrected chi connectivity index (χ0v) is 14.5. The average molecular weight is 354 g/mol. The summed E-state index contributed by atoms with van der Waals surface area (Å²) in [5, 5.41) is 5.26. The van der Waals surface area contributed by atoms with Gasteiger partial charge in [0.15, 0.2) is 17.3 Å². The molecule has 0 fully saturated rings. The number of fused-ring (bicyclic) bond motifs is 1. The minimum atomic E-state index is 0. The number of hydrogen-bond donors (Lipinski definition) is 1. The van der Waals surface area contributed by atoms with E-state index < -0.39 is 0 Å². The van der Waals surface area contributed by atoms with Crippen LogP contribution in [0.5, 0.6) is 17.2 Å². The SMILES string of the molecule is COc1cc(Nc2ncnc3ccsc23)cc(OC)c1OC.Cl. The first kappa shape index (κ1) is 17.1. The molecule has 1 aromatic carbocycles. The third-order valence-corrected chi connectivity index (χ3v) is 4.08. The van der Waals surface area contributed by atoms with Crippen LogP contribution in [0.2, 0.25) is 0 Å². The van der Waals surface area contributed by atoms with Crippen molar-refractivity contribution < 1.29 is 14.2 Å². The summed E-state index contributed by atoms with van der Waals surface area (Å²) in [5.74, 6) is 2.47. The quantitative estimate of drug-likeness (QED) is 0.750. The third-order valence-electron chi connectivity index (χ3n) is 3.17. The Morgan fingerprint density at radius 2 is 1.70 bits per heavy atom. The van der Waals surface area contributed by atoms with Crippen LogP contribution in [-0.4, -0.2) is 31.3 Å². The molecule has 1 N–H and O–H groups in total. The Kier molecular flexibility index (Phi) is 5.46. The monoisotopic (exact) mass is 353 g/mol. The summed E-state index contributed by atoms with van der Waals surface area (Å²) in [6, 6.07) is 5.63. The van der Waals surface area contributed by atoms with Gasteiger partial charge in [-0.1, -0.05) is 0 Å². The minimum absolute atomic E-state index is 0. The standard InChI is InChI=1S/C15H15N3O3S.ClH/c1-19-11-6-9(7-12(20-2)13(11)21-3)18-15-14-10(4-5-22-14)16-8-17-15;/h4-8H,1-3H3,(H,16,17,18);1H. The summed E-state index contributed by atoms with van der Waals surface area (Å²) in [7, 11) is 4.75. The number of nitrogens with zero attached hydrogens (tertiary/aromatic N) is 2. The second-order valence-corrected chi connectivity index (χ2v) is 5.31. The van der Waals surface area contributed by atoms with Crippen LogP contribution in [0.15, 0.2) is 29.9 Å². The summed E-state index contributed by atoms with van der Waals surface area (Å²) in [6.07, 6.45) is 1.54. The van der Waals surface area contributed by atoms with Crippen molar-refractivity contribution in [2.45, 2.75) is 0 Å². The van der Waals surface area contributed by atoms with Crippen LogP contribution in [0, 0.1) is 0 Å². The molecule has 6 nitrogen and oxygen atoms in total. The second-order valence-electron chi connectivity index (χ2n) is 4.40. The van der Waals surface area contributed by atoms with Crippen LogP contribution >= 0.6 is 23.7 Å². The Labute approximate surface area is 143 Å². The van der Waals surface area contributed by atoms with Crippen LogP contribution < -0.4 is 19.5 Å². The van der Waals surface area contributed by atoms with Crippen LogP contribution in [0.4, 0.5) is 11.5 Å². The first-order valence-corrected chi connectivity index (χ1v) is 7.40. The van der Waals surface area contributed by atoms with Crippen molar-refractivity contribution in [3.63, 3.8) is 0 Å². The molecular formula is C15H16ClN3O3S. The number of benzene rings is 1. The van der Waals surface area contributed by atoms with Gasteiger partial charge in [0.2, 0.25) is 5.75 Å². The Morgan fingerprint density at radius 3 is 2.30 bits per heavy atom. The highest BCUT2D eigenvalue weighted by Crippen LogP contribution is 2.41. The Morgan fingerprint density at radius 1 is 1.00 bits per heavy atom. The molecule has 8 heteroatoms. The van der Waals surface area contributed by atoms with Crippen molar-refractivity contribution in [2.24, 2.45) is 0 Å². The van der Waals surface area contributed by atoms with E-state index in [2.05, 4.69) is 15.3 Å². The Balaban J connectivity index is 0.00000192. The molecule has 0 atom stereocenters. The maximum Gasteiger partial charge on any atom is 0.203 e. The van der Waals surface area contributed by atoms with E-state index in [1.54, 1.807) is 32.7 Å². The van der Waals surface area contributed by atoms with Gasteiger partial charge < -0.3 is 19.5 Å². The van der Waals surface area contributed by atoms with Gasteiger partial charge in [-0.05, 0) is 11.4 Å². The fourth-order valence-corrected chi connectivity index (χ4v) is 2.96. The van der Waals surface area contributed by atoms with Crippen molar-refractivity contribution in [1.29, 1.82) is 0 Å². The maximum absolute atomic E-state index is 5.35. The van der Waals surface area contributed by atoms with E-state index in [0.717, 1.165) is 21.7 Å². The topological polar surface area (TPSA) is 65.5 Å². The van der Waals surface area contributed by atoms with E-state index in [9.17, 15) is 0 Å². The van der Waals surface area contributed by atoms with Gasteiger partial charge in [0.1, 0.15) is 6.33 Å². The summed E-state index contributed by atoms with van der Waals surface area (Å²) in [6.45, 7) is 0. The van der Waals surface area contributed by atoms with E-state index in [-0.39, 0.29) is 12.4 Å². The van der Waals surface area contributed by atoms with Gasteiger partial charge in [-0.25, -0.2) is 9.97 Å². The van der Waals surface area contributed by atoms with Gasteiger partial charge in [-0.15, -0.1) is 23.7 Å². The molecule has 2 aromatic heterocycles. The lowest BCUT2D eigenvalue weighted by Crippen LogP contribution is -1.99. The fraction of sp³-hybridized carbons (Fsp3) is 0.200. The lowest BCUT2D eigenvalue weighted by atomic mass is 10.2. The molecule has 3 rings (SSSR count). The van der Waals surface area contributed by atoms with Crippen molar-refractivity contribution in [2.75, 3.05) is 26.6 Å². The molecule has 0 saturated heterocycles. The molecule has 0 radical (unpaired) electrons. The summed E-state index contributed by atoms with van der Waals surface area (Å²) < 4.78 is 17.0. The van der Waals surface area contributed by atoms with Gasteiger partial charge in [0.25, 0.3) is 0 Å². The maximum atomic E-state index is 5.35. The van der Waals surface area contributed by atoms with Crippen LogP contribution in [0.3, 0.4) is 0 Å². The van der Waals surface area contributed by atoms with E-state index in [4.69, 9.17) is 14.2 Å². The van der Waals surface area contributed by atoms with Crippen LogP contribution in [0.25, 0.3) is 10.2 Å². The molecule has 0 aliphatic heterocycles. The van der Waals surface area contributed by atoms with Crippen LogP contribution in [-0.2, 0) is 0 Å². The highest BCUT2D eigenvalue weighted by Gasteiger charge is 2.14. The number of rotatable bonds is 5. The molecule has 122 valence electrons. The smallest absolute Gasteiger partial charge is 0.203 e. The number of ether oxygens (including phenoxy) is 3. The number of methoxy groups -OCH3 is 3. The molecule has 0 unspecified atom stereocenters. The second kappa shape index (κ2) is 7.34. The summed E-state index contributed by atoms with van der Waals surface area (Å²) in [4.78, 5) is 8.53.